The molecule has 0 heterocycles. The summed E-state index contributed by atoms with van der Waals surface area (Å²) in [5.41, 5.74) is 0. The minimum Gasteiger partial charge on any atom is -0.464 e. The van der Waals surface area contributed by atoms with Gasteiger partial charge in [-0.1, -0.05) is 98.3 Å². The molecule has 1 atom stereocenters. The summed E-state index contributed by atoms with van der Waals surface area (Å²) in [7, 11) is 0. The number of ether oxygens (including phenoxy) is 2. The Hall–Kier alpha value is -1.26. The van der Waals surface area contributed by atoms with Gasteiger partial charge < -0.3 is 14.8 Å². The van der Waals surface area contributed by atoms with Crippen LogP contribution in [0.2, 0.25) is 0 Å². The number of carbonyl (C=O) groups excluding carboxylic acids is 2. The smallest absolute Gasteiger partial charge is 0.407 e. The Bertz CT molecular complexity index is 398. The van der Waals surface area contributed by atoms with Crippen LogP contribution in [0.4, 0.5) is 4.79 Å². The molecule has 0 aromatic heterocycles. The zero-order valence-electron chi connectivity index (χ0n) is 19.6. The van der Waals surface area contributed by atoms with Crippen LogP contribution in [0.1, 0.15) is 118 Å². The molecule has 0 saturated carbocycles. The van der Waals surface area contributed by atoms with Gasteiger partial charge in [0.15, 0.2) is 0 Å². The lowest BCUT2D eigenvalue weighted by atomic mass is 10.0. The normalized spacial score (nSPS) is 12.0. The van der Waals surface area contributed by atoms with Gasteiger partial charge in [0.25, 0.3) is 0 Å². The highest BCUT2D eigenvalue weighted by molar-refractivity contribution is 5.81. The van der Waals surface area contributed by atoms with Crippen LogP contribution in [0, 0.1) is 5.92 Å². The maximum atomic E-state index is 12.3. The summed E-state index contributed by atoms with van der Waals surface area (Å²) < 4.78 is 10.5. The Kier molecular flexibility index (Phi) is 19.2. The first-order valence-electron chi connectivity index (χ1n) is 12.1. The van der Waals surface area contributed by atoms with Crippen molar-refractivity contribution < 1.29 is 19.1 Å². The van der Waals surface area contributed by atoms with Crippen LogP contribution in [-0.4, -0.2) is 31.3 Å². The topological polar surface area (TPSA) is 64.6 Å². The van der Waals surface area contributed by atoms with Gasteiger partial charge in [-0.25, -0.2) is 9.59 Å². The molecule has 0 unspecified atom stereocenters. The van der Waals surface area contributed by atoms with Gasteiger partial charge in [0.2, 0.25) is 0 Å². The van der Waals surface area contributed by atoms with Crippen LogP contribution >= 0.6 is 0 Å². The summed E-state index contributed by atoms with van der Waals surface area (Å²) in [6.07, 6.45) is 15.7. The fourth-order valence-electron chi connectivity index (χ4n) is 3.22. The van der Waals surface area contributed by atoms with Gasteiger partial charge >= 0.3 is 12.1 Å². The quantitative estimate of drug-likeness (QED) is 0.187. The molecule has 0 aromatic carbocycles. The van der Waals surface area contributed by atoms with E-state index in [0.717, 1.165) is 25.7 Å². The minimum absolute atomic E-state index is 0.283. The van der Waals surface area contributed by atoms with Gasteiger partial charge in [0, 0.05) is 0 Å². The number of amides is 1. The summed E-state index contributed by atoms with van der Waals surface area (Å²) in [5, 5.41) is 2.66. The van der Waals surface area contributed by atoms with Crippen molar-refractivity contribution in [2.75, 3.05) is 13.2 Å². The molecule has 1 N–H and O–H groups in total. The van der Waals surface area contributed by atoms with Crippen molar-refractivity contribution in [2.45, 2.75) is 124 Å². The molecule has 29 heavy (non-hydrogen) atoms. The van der Waals surface area contributed by atoms with Crippen molar-refractivity contribution in [1.82, 2.24) is 5.32 Å². The third-order valence-corrected chi connectivity index (χ3v) is 5.01. The molecule has 0 aliphatic carbocycles. The molecule has 0 aromatic rings. The van der Waals surface area contributed by atoms with E-state index in [1.165, 1.54) is 57.8 Å². The minimum atomic E-state index is -0.628. The Morgan fingerprint density at radius 1 is 0.690 bits per heavy atom. The van der Waals surface area contributed by atoms with Gasteiger partial charge in [-0.3, -0.25) is 0 Å². The van der Waals surface area contributed by atoms with Crippen LogP contribution in [0.25, 0.3) is 0 Å². The van der Waals surface area contributed by atoms with E-state index < -0.39 is 12.1 Å². The fourth-order valence-corrected chi connectivity index (χ4v) is 3.22. The number of alkyl carbamates (subject to hydrolysis) is 1. The van der Waals surface area contributed by atoms with Crippen LogP contribution in [0.15, 0.2) is 0 Å². The van der Waals surface area contributed by atoms with E-state index in [-0.39, 0.29) is 11.9 Å². The number of carbonyl (C=O) groups is 2. The first kappa shape index (κ1) is 27.7. The van der Waals surface area contributed by atoms with E-state index >= 15 is 0 Å². The van der Waals surface area contributed by atoms with E-state index in [0.29, 0.717) is 19.6 Å². The van der Waals surface area contributed by atoms with Crippen LogP contribution in [0.5, 0.6) is 0 Å². The predicted molar refractivity (Wildman–Crippen MR) is 120 cm³/mol. The second-order valence-electron chi connectivity index (χ2n) is 8.52. The molecule has 0 saturated heterocycles. The molecule has 172 valence electrons. The zero-order chi connectivity index (χ0) is 21.7. The standard InChI is InChI=1S/C24H47NO4/c1-5-7-9-10-11-12-13-14-15-16-17-19-28-23(26)22(20-21(3)4)25-24(27)29-18-8-6-2/h21-22H,5-20H2,1-4H3,(H,25,27)/t22-/m0/s1. The molecule has 0 spiro atoms. The van der Waals surface area contributed by atoms with Crippen LogP contribution in [0.3, 0.4) is 0 Å². The van der Waals surface area contributed by atoms with Crippen molar-refractivity contribution >= 4 is 12.1 Å². The van der Waals surface area contributed by atoms with Crippen molar-refractivity contribution in [3.05, 3.63) is 0 Å². The lowest BCUT2D eigenvalue weighted by molar-refractivity contribution is -0.146. The van der Waals surface area contributed by atoms with Crippen molar-refractivity contribution in [2.24, 2.45) is 5.92 Å². The zero-order valence-corrected chi connectivity index (χ0v) is 19.6. The lowest BCUT2D eigenvalue weighted by Crippen LogP contribution is -2.43. The molecule has 0 aliphatic rings. The molecule has 0 radical (unpaired) electrons. The van der Waals surface area contributed by atoms with Crippen molar-refractivity contribution in [1.29, 1.82) is 0 Å². The Morgan fingerprint density at radius 3 is 1.69 bits per heavy atom. The fraction of sp³-hybridized carbons (Fsp3) is 0.917. The second kappa shape index (κ2) is 20.0. The first-order chi connectivity index (χ1) is 14.0. The Labute approximate surface area is 179 Å². The highest BCUT2D eigenvalue weighted by atomic mass is 16.6. The van der Waals surface area contributed by atoms with Crippen LogP contribution < -0.4 is 5.32 Å². The summed E-state index contributed by atoms with van der Waals surface area (Å²) >= 11 is 0. The predicted octanol–water partition coefficient (Wildman–Crippen LogP) is 6.78. The van der Waals surface area contributed by atoms with E-state index in [4.69, 9.17) is 9.47 Å². The van der Waals surface area contributed by atoms with E-state index in [9.17, 15) is 9.59 Å². The van der Waals surface area contributed by atoms with Gasteiger partial charge in [-0.05, 0) is 25.2 Å². The third-order valence-electron chi connectivity index (χ3n) is 5.01. The van der Waals surface area contributed by atoms with Gasteiger partial charge in [0.05, 0.1) is 13.2 Å². The van der Waals surface area contributed by atoms with E-state index in [1.54, 1.807) is 0 Å². The summed E-state index contributed by atoms with van der Waals surface area (Å²) in [6.45, 7) is 9.14. The van der Waals surface area contributed by atoms with E-state index in [1.807, 2.05) is 20.8 Å². The molecular formula is C24H47NO4. The summed E-state index contributed by atoms with van der Waals surface area (Å²) in [6, 6.07) is -0.628. The second-order valence-corrected chi connectivity index (χ2v) is 8.52. The molecule has 5 nitrogen and oxygen atoms in total. The molecular weight excluding hydrogens is 366 g/mol. The lowest BCUT2D eigenvalue weighted by Gasteiger charge is -2.19. The molecule has 0 aliphatic heterocycles. The van der Waals surface area contributed by atoms with Gasteiger partial charge in [-0.2, -0.15) is 0 Å². The van der Waals surface area contributed by atoms with Crippen molar-refractivity contribution in [3.8, 4) is 0 Å². The average Bonchev–Trinajstić information content (AvgIpc) is 2.68. The Morgan fingerprint density at radius 2 is 1.17 bits per heavy atom. The first-order valence-corrected chi connectivity index (χ1v) is 12.1. The Balaban J connectivity index is 3.83. The number of hydrogen-bond donors (Lipinski definition) is 1. The third kappa shape index (κ3) is 18.5. The molecule has 1 amide bonds. The van der Waals surface area contributed by atoms with Crippen molar-refractivity contribution in [3.63, 3.8) is 0 Å². The number of esters is 1. The number of nitrogens with one attached hydrogen (secondary N) is 1. The van der Waals surface area contributed by atoms with Gasteiger partial charge in [0.1, 0.15) is 6.04 Å². The van der Waals surface area contributed by atoms with E-state index in [2.05, 4.69) is 12.2 Å². The maximum Gasteiger partial charge on any atom is 0.407 e. The highest BCUT2D eigenvalue weighted by Crippen LogP contribution is 2.12. The largest absolute Gasteiger partial charge is 0.464 e. The molecule has 5 heteroatoms. The van der Waals surface area contributed by atoms with Crippen LogP contribution in [-0.2, 0) is 14.3 Å². The SMILES string of the molecule is CCCCCCCCCCCCCOC(=O)[C@H](CC(C)C)NC(=O)OCCCC. The number of rotatable bonds is 19. The molecule has 0 bridgehead atoms. The summed E-state index contributed by atoms with van der Waals surface area (Å²) in [4.78, 5) is 24.2. The number of unbranched alkanes of at least 4 members (excludes halogenated alkanes) is 11. The number of hydrogen-bond acceptors (Lipinski definition) is 4. The van der Waals surface area contributed by atoms with Gasteiger partial charge in [-0.15, -0.1) is 0 Å². The average molecular weight is 414 g/mol. The highest BCUT2D eigenvalue weighted by Gasteiger charge is 2.23. The monoisotopic (exact) mass is 413 g/mol. The molecule has 0 rings (SSSR count). The molecule has 0 fully saturated rings. The summed E-state index contributed by atoms with van der Waals surface area (Å²) in [5.74, 6) is -0.0660. The maximum absolute atomic E-state index is 12.3.